The first-order chi connectivity index (χ1) is 13.1. The van der Waals surface area contributed by atoms with Gasteiger partial charge in [0.2, 0.25) is 0 Å². The van der Waals surface area contributed by atoms with Crippen molar-refractivity contribution in [2.75, 3.05) is 13.1 Å². The van der Waals surface area contributed by atoms with E-state index in [0.717, 1.165) is 5.69 Å². The molecule has 27 heavy (non-hydrogen) atoms. The SMILES string of the molecule is O=C(c1cc(-c2ccccc2O)n[nH]1)N1C[C@@H](Cc2cnccn2)[C@H](O)C1. The first kappa shape index (κ1) is 17.2. The Bertz CT molecular complexity index is 943. The van der Waals surface area contributed by atoms with Crippen LogP contribution in [-0.4, -0.2) is 60.4 Å². The van der Waals surface area contributed by atoms with Crippen LogP contribution in [0.2, 0.25) is 0 Å². The Morgan fingerprint density at radius 1 is 1.26 bits per heavy atom. The molecule has 8 nitrogen and oxygen atoms in total. The van der Waals surface area contributed by atoms with Crippen LogP contribution in [-0.2, 0) is 6.42 Å². The highest BCUT2D eigenvalue weighted by atomic mass is 16.3. The number of carbonyl (C=O) groups is 1. The van der Waals surface area contributed by atoms with E-state index in [2.05, 4.69) is 20.2 Å². The molecule has 1 aromatic carbocycles. The van der Waals surface area contributed by atoms with Crippen molar-refractivity contribution >= 4 is 5.91 Å². The van der Waals surface area contributed by atoms with Crippen molar-refractivity contribution in [2.24, 2.45) is 5.92 Å². The Morgan fingerprint density at radius 2 is 2.11 bits per heavy atom. The molecular weight excluding hydrogens is 346 g/mol. The van der Waals surface area contributed by atoms with Gasteiger partial charge < -0.3 is 15.1 Å². The molecule has 3 heterocycles. The van der Waals surface area contributed by atoms with Crippen LogP contribution in [0.15, 0.2) is 48.9 Å². The fourth-order valence-electron chi connectivity index (χ4n) is 3.35. The molecule has 2 atom stereocenters. The number of aromatic nitrogens is 4. The molecule has 0 bridgehead atoms. The van der Waals surface area contributed by atoms with Crippen LogP contribution in [0.1, 0.15) is 16.2 Å². The smallest absolute Gasteiger partial charge is 0.271 e. The molecule has 1 aliphatic rings. The van der Waals surface area contributed by atoms with Crippen molar-refractivity contribution in [3.8, 4) is 17.0 Å². The van der Waals surface area contributed by atoms with Crippen molar-refractivity contribution in [3.63, 3.8) is 0 Å². The Labute approximate surface area is 155 Å². The summed E-state index contributed by atoms with van der Waals surface area (Å²) in [5.74, 6) is -0.222. The number of phenolic OH excluding ortho intramolecular Hbond substituents is 1. The van der Waals surface area contributed by atoms with E-state index in [1.165, 1.54) is 0 Å². The minimum absolute atomic E-state index is 0.0915. The number of benzene rings is 1. The molecule has 0 spiro atoms. The number of aliphatic hydroxyl groups excluding tert-OH is 1. The van der Waals surface area contributed by atoms with E-state index in [4.69, 9.17) is 0 Å². The Morgan fingerprint density at radius 3 is 2.89 bits per heavy atom. The lowest BCUT2D eigenvalue weighted by Gasteiger charge is -2.14. The molecule has 0 radical (unpaired) electrons. The molecule has 3 aromatic rings. The zero-order chi connectivity index (χ0) is 18.8. The average Bonchev–Trinajstić information content (AvgIpc) is 3.30. The van der Waals surface area contributed by atoms with E-state index < -0.39 is 6.10 Å². The van der Waals surface area contributed by atoms with Gasteiger partial charge in [-0.05, 0) is 24.6 Å². The maximum atomic E-state index is 12.8. The molecule has 1 aliphatic heterocycles. The number of hydrogen-bond donors (Lipinski definition) is 3. The normalized spacial score (nSPS) is 19.4. The molecule has 8 heteroatoms. The fourth-order valence-corrected chi connectivity index (χ4v) is 3.35. The molecule has 2 aromatic heterocycles. The highest BCUT2D eigenvalue weighted by Gasteiger charge is 2.35. The van der Waals surface area contributed by atoms with Crippen molar-refractivity contribution in [1.82, 2.24) is 25.1 Å². The first-order valence-corrected chi connectivity index (χ1v) is 8.68. The van der Waals surface area contributed by atoms with Gasteiger partial charge >= 0.3 is 0 Å². The summed E-state index contributed by atoms with van der Waals surface area (Å²) in [6, 6.07) is 8.43. The second-order valence-corrected chi connectivity index (χ2v) is 6.62. The molecule has 3 N–H and O–H groups in total. The lowest BCUT2D eigenvalue weighted by atomic mass is 10.0. The van der Waals surface area contributed by atoms with Gasteiger partial charge in [-0.3, -0.25) is 19.9 Å². The lowest BCUT2D eigenvalue weighted by Crippen LogP contribution is -2.29. The number of hydrogen-bond acceptors (Lipinski definition) is 6. The summed E-state index contributed by atoms with van der Waals surface area (Å²) < 4.78 is 0. The maximum absolute atomic E-state index is 12.8. The monoisotopic (exact) mass is 365 g/mol. The number of aromatic amines is 1. The number of nitrogens with one attached hydrogen (secondary N) is 1. The average molecular weight is 365 g/mol. The molecule has 0 aliphatic carbocycles. The van der Waals surface area contributed by atoms with Gasteiger partial charge in [0, 0.05) is 43.2 Å². The van der Waals surface area contributed by atoms with Crippen LogP contribution in [0.25, 0.3) is 11.3 Å². The minimum Gasteiger partial charge on any atom is -0.507 e. The summed E-state index contributed by atoms with van der Waals surface area (Å²) in [6.45, 7) is 0.691. The van der Waals surface area contributed by atoms with E-state index in [0.29, 0.717) is 29.9 Å². The first-order valence-electron chi connectivity index (χ1n) is 8.68. The minimum atomic E-state index is -0.614. The van der Waals surface area contributed by atoms with Crippen LogP contribution in [0.4, 0.5) is 0 Å². The third-order valence-electron chi connectivity index (χ3n) is 4.77. The summed E-state index contributed by atoms with van der Waals surface area (Å²) >= 11 is 0. The second-order valence-electron chi connectivity index (χ2n) is 6.62. The van der Waals surface area contributed by atoms with Gasteiger partial charge in [0.25, 0.3) is 5.91 Å². The van der Waals surface area contributed by atoms with E-state index in [9.17, 15) is 15.0 Å². The maximum Gasteiger partial charge on any atom is 0.271 e. The van der Waals surface area contributed by atoms with Gasteiger partial charge in [-0.25, -0.2) is 0 Å². The molecule has 4 rings (SSSR count). The summed E-state index contributed by atoms with van der Waals surface area (Å²) in [5.41, 5.74) is 2.15. The topological polar surface area (TPSA) is 115 Å². The van der Waals surface area contributed by atoms with Gasteiger partial charge in [-0.15, -0.1) is 0 Å². The Kier molecular flexibility index (Phi) is 4.55. The summed E-state index contributed by atoms with van der Waals surface area (Å²) in [7, 11) is 0. The number of likely N-dealkylation sites (tertiary alicyclic amines) is 1. The molecule has 138 valence electrons. The third-order valence-corrected chi connectivity index (χ3v) is 4.77. The van der Waals surface area contributed by atoms with E-state index in [1.807, 2.05) is 0 Å². The zero-order valence-electron chi connectivity index (χ0n) is 14.5. The number of amides is 1. The van der Waals surface area contributed by atoms with Crippen molar-refractivity contribution in [1.29, 1.82) is 0 Å². The quantitative estimate of drug-likeness (QED) is 0.641. The highest BCUT2D eigenvalue weighted by molar-refractivity contribution is 5.93. The summed E-state index contributed by atoms with van der Waals surface area (Å²) in [6.07, 6.45) is 4.84. The number of β-amino-alcohol motifs (C(OH)–C–C–N with tert-alkyl or cyclic N) is 1. The van der Waals surface area contributed by atoms with E-state index in [-0.39, 0.29) is 24.1 Å². The van der Waals surface area contributed by atoms with Gasteiger partial charge in [0.1, 0.15) is 11.4 Å². The fraction of sp³-hybridized carbons (Fsp3) is 0.263. The number of nitrogens with zero attached hydrogens (tertiary/aromatic N) is 4. The molecule has 1 amide bonds. The third kappa shape index (κ3) is 3.52. The number of rotatable bonds is 4. The number of H-pyrrole nitrogens is 1. The number of para-hydroxylation sites is 1. The van der Waals surface area contributed by atoms with E-state index in [1.54, 1.807) is 53.8 Å². The Hall–Kier alpha value is -3.26. The van der Waals surface area contributed by atoms with Crippen LogP contribution in [0.5, 0.6) is 5.75 Å². The predicted octanol–water partition coefficient (Wildman–Crippen LogP) is 1.25. The molecule has 0 unspecified atom stereocenters. The van der Waals surface area contributed by atoms with Crippen molar-refractivity contribution < 1.29 is 15.0 Å². The van der Waals surface area contributed by atoms with E-state index >= 15 is 0 Å². The Balaban J connectivity index is 1.47. The molecule has 1 saturated heterocycles. The molecule has 0 saturated carbocycles. The van der Waals surface area contributed by atoms with Gasteiger partial charge in [0.15, 0.2) is 0 Å². The van der Waals surface area contributed by atoms with Crippen LogP contribution >= 0.6 is 0 Å². The van der Waals surface area contributed by atoms with Crippen LogP contribution < -0.4 is 0 Å². The predicted molar refractivity (Wildman–Crippen MR) is 96.8 cm³/mol. The van der Waals surface area contributed by atoms with Gasteiger partial charge in [-0.2, -0.15) is 5.10 Å². The van der Waals surface area contributed by atoms with Crippen LogP contribution in [0, 0.1) is 5.92 Å². The second kappa shape index (κ2) is 7.16. The van der Waals surface area contributed by atoms with Gasteiger partial charge in [-0.1, -0.05) is 12.1 Å². The number of carbonyl (C=O) groups excluding carboxylic acids is 1. The number of phenols is 1. The summed E-state index contributed by atoms with van der Waals surface area (Å²) in [5, 5.41) is 27.1. The van der Waals surface area contributed by atoms with Crippen LogP contribution in [0.3, 0.4) is 0 Å². The largest absolute Gasteiger partial charge is 0.507 e. The summed E-state index contributed by atoms with van der Waals surface area (Å²) in [4.78, 5) is 22.6. The zero-order valence-corrected chi connectivity index (χ0v) is 14.5. The number of aromatic hydroxyl groups is 1. The lowest BCUT2D eigenvalue weighted by molar-refractivity contribution is 0.0759. The highest BCUT2D eigenvalue weighted by Crippen LogP contribution is 2.28. The molecule has 1 fully saturated rings. The van der Waals surface area contributed by atoms with Gasteiger partial charge in [0.05, 0.1) is 17.5 Å². The number of aliphatic hydroxyl groups is 1. The molecular formula is C19H19N5O3. The van der Waals surface area contributed by atoms with Crippen molar-refractivity contribution in [2.45, 2.75) is 12.5 Å². The van der Waals surface area contributed by atoms with Crippen molar-refractivity contribution in [3.05, 3.63) is 60.3 Å². The standard InChI is InChI=1S/C19H19N5O3/c25-17-4-2-1-3-14(17)15-8-16(23-22-15)19(27)24-10-12(18(26)11-24)7-13-9-20-5-6-21-13/h1-6,8-9,12,18,25-26H,7,10-11H2,(H,22,23)/t12-,18-/m1/s1.